The van der Waals surface area contributed by atoms with E-state index in [1.54, 1.807) is 13.8 Å². The Morgan fingerprint density at radius 2 is 0.659 bits per heavy atom. The zero-order valence-corrected chi connectivity index (χ0v) is 26.5. The molecule has 0 radical (unpaired) electrons. The van der Waals surface area contributed by atoms with Crippen LogP contribution in [0.4, 0.5) is 0 Å². The largest absolute Gasteiger partial charge is 0.465 e. The first kappa shape index (κ1) is 39.5. The third-order valence-corrected chi connectivity index (χ3v) is 5.50. The number of rotatable bonds is 20. The molecule has 0 aromatic rings. The van der Waals surface area contributed by atoms with Crippen LogP contribution in [0.3, 0.4) is 0 Å². The van der Waals surface area contributed by atoms with Crippen LogP contribution in [0.5, 0.6) is 0 Å². The molecule has 0 heterocycles. The summed E-state index contributed by atoms with van der Waals surface area (Å²) < 4.78 is 31.3. The molecule has 0 saturated heterocycles. The highest BCUT2D eigenvalue weighted by Crippen LogP contribution is 2.21. The Bertz CT molecular complexity index is 1020. The summed E-state index contributed by atoms with van der Waals surface area (Å²) in [6, 6.07) is 0. The SMILES string of the molecule is C=C(C)C(=O)OCC(C)(COC(=O)C/C=C/CC(=O)OCC(C)(COC(=O)C(=C)C)COC(=O)C(=C)C)COC(=O)C(=C)C. The van der Waals surface area contributed by atoms with Gasteiger partial charge in [-0.15, -0.1) is 0 Å². The van der Waals surface area contributed by atoms with Crippen molar-refractivity contribution >= 4 is 35.8 Å². The Labute approximate surface area is 258 Å². The molecule has 0 aliphatic rings. The zero-order valence-electron chi connectivity index (χ0n) is 26.5. The summed E-state index contributed by atoms with van der Waals surface area (Å²) in [4.78, 5) is 71.9. The molecule has 244 valence electrons. The van der Waals surface area contributed by atoms with Gasteiger partial charge in [-0.3, -0.25) is 9.59 Å². The molecular weight excluding hydrogens is 576 g/mol. The van der Waals surface area contributed by atoms with Crippen LogP contribution in [-0.2, 0) is 57.2 Å². The predicted octanol–water partition coefficient (Wildman–Crippen LogP) is 3.90. The minimum absolute atomic E-state index is 0.175. The van der Waals surface area contributed by atoms with Crippen LogP contribution in [0, 0.1) is 10.8 Å². The Kier molecular flexibility index (Phi) is 17.0. The highest BCUT2D eigenvalue weighted by atomic mass is 16.6. The molecule has 12 heteroatoms. The fourth-order valence-electron chi connectivity index (χ4n) is 2.69. The van der Waals surface area contributed by atoms with E-state index >= 15 is 0 Å². The Morgan fingerprint density at radius 3 is 0.864 bits per heavy atom. The Balaban J connectivity index is 5.00. The highest BCUT2D eigenvalue weighted by molar-refractivity contribution is 5.88. The number of carbonyl (C=O) groups excluding carboxylic acids is 6. The predicted molar refractivity (Wildman–Crippen MR) is 160 cm³/mol. The molecular formula is C32H44O12. The summed E-state index contributed by atoms with van der Waals surface area (Å²) >= 11 is 0. The summed E-state index contributed by atoms with van der Waals surface area (Å²) in [6.07, 6.45) is 2.44. The van der Waals surface area contributed by atoms with Gasteiger partial charge in [-0.2, -0.15) is 0 Å². The lowest BCUT2D eigenvalue weighted by molar-refractivity contribution is -0.159. The van der Waals surface area contributed by atoms with Crippen molar-refractivity contribution in [2.75, 3.05) is 39.6 Å². The Morgan fingerprint density at radius 1 is 0.455 bits per heavy atom. The van der Waals surface area contributed by atoms with E-state index in [0.29, 0.717) is 0 Å². The van der Waals surface area contributed by atoms with Crippen molar-refractivity contribution in [2.45, 2.75) is 54.4 Å². The van der Waals surface area contributed by atoms with Gasteiger partial charge in [-0.05, 0) is 41.5 Å². The van der Waals surface area contributed by atoms with Gasteiger partial charge in [0.05, 0.1) is 23.7 Å². The molecule has 0 bridgehead atoms. The number of carbonyl (C=O) groups is 6. The highest BCUT2D eigenvalue weighted by Gasteiger charge is 2.32. The summed E-state index contributed by atoms with van der Waals surface area (Å²) in [5, 5.41) is 0. The third-order valence-electron chi connectivity index (χ3n) is 5.50. The van der Waals surface area contributed by atoms with Gasteiger partial charge in [0.2, 0.25) is 0 Å². The fraction of sp³-hybridized carbons (Fsp3) is 0.500. The van der Waals surface area contributed by atoms with Gasteiger partial charge in [0.25, 0.3) is 0 Å². The van der Waals surface area contributed by atoms with Crippen LogP contribution in [0.1, 0.15) is 54.4 Å². The lowest BCUT2D eigenvalue weighted by Crippen LogP contribution is -2.37. The van der Waals surface area contributed by atoms with Gasteiger partial charge in [0, 0.05) is 22.3 Å². The van der Waals surface area contributed by atoms with E-state index in [1.165, 1.54) is 39.8 Å². The number of hydrogen-bond acceptors (Lipinski definition) is 12. The molecule has 0 spiro atoms. The summed E-state index contributed by atoms with van der Waals surface area (Å²) in [5.41, 5.74) is -1.40. The molecule has 0 N–H and O–H groups in total. The molecule has 0 amide bonds. The van der Waals surface area contributed by atoms with Gasteiger partial charge >= 0.3 is 35.8 Å². The molecule has 0 aromatic carbocycles. The van der Waals surface area contributed by atoms with E-state index in [2.05, 4.69) is 26.3 Å². The number of ether oxygens (including phenoxy) is 6. The number of esters is 6. The van der Waals surface area contributed by atoms with E-state index in [1.807, 2.05) is 0 Å². The molecule has 0 atom stereocenters. The average molecular weight is 621 g/mol. The van der Waals surface area contributed by atoms with Crippen LogP contribution in [0.15, 0.2) is 60.8 Å². The molecule has 12 nitrogen and oxygen atoms in total. The monoisotopic (exact) mass is 620 g/mol. The van der Waals surface area contributed by atoms with E-state index in [-0.39, 0.29) is 74.8 Å². The second-order valence-corrected chi connectivity index (χ2v) is 11.2. The van der Waals surface area contributed by atoms with E-state index < -0.39 is 46.6 Å². The van der Waals surface area contributed by atoms with Gasteiger partial charge in [0.1, 0.15) is 39.6 Å². The van der Waals surface area contributed by atoms with Crippen LogP contribution < -0.4 is 0 Å². The maximum Gasteiger partial charge on any atom is 0.333 e. The smallest absolute Gasteiger partial charge is 0.333 e. The van der Waals surface area contributed by atoms with Crippen LogP contribution in [0.2, 0.25) is 0 Å². The maximum atomic E-state index is 12.3. The Hall–Kier alpha value is -4.48. The van der Waals surface area contributed by atoms with Gasteiger partial charge in [-0.25, -0.2) is 19.2 Å². The molecule has 0 aromatic heterocycles. The van der Waals surface area contributed by atoms with Gasteiger partial charge < -0.3 is 28.4 Å². The maximum absolute atomic E-state index is 12.3. The summed E-state index contributed by atoms with van der Waals surface area (Å²) in [5.74, 6) is -3.89. The van der Waals surface area contributed by atoms with Gasteiger partial charge in [-0.1, -0.05) is 38.5 Å². The topological polar surface area (TPSA) is 158 Å². The second kappa shape index (κ2) is 18.9. The number of hydrogen-bond donors (Lipinski definition) is 0. The van der Waals surface area contributed by atoms with Crippen molar-refractivity contribution < 1.29 is 57.2 Å². The first-order chi connectivity index (χ1) is 20.3. The van der Waals surface area contributed by atoms with Crippen molar-refractivity contribution in [3.05, 3.63) is 60.8 Å². The fourth-order valence-corrected chi connectivity index (χ4v) is 2.69. The first-order valence-electron chi connectivity index (χ1n) is 13.6. The van der Waals surface area contributed by atoms with Crippen molar-refractivity contribution in [1.29, 1.82) is 0 Å². The quantitative estimate of drug-likeness (QED) is 0.0838. The van der Waals surface area contributed by atoms with E-state index in [9.17, 15) is 28.8 Å². The first-order valence-corrected chi connectivity index (χ1v) is 13.6. The summed E-state index contributed by atoms with van der Waals surface area (Å²) in [6.45, 7) is 21.8. The second-order valence-electron chi connectivity index (χ2n) is 11.2. The standard InChI is InChI=1S/C32H44O12/c1-21(2)27(35)41-17-31(9,18-42-28(36)22(3)4)15-39-25(33)13-11-12-14-26(34)40-16-32(10,19-43-29(37)23(5)6)20-44-30(38)24(7)8/h11-12H,1,3,5,7,13-20H2,2,4,6,8-10H3/b12-11+. The minimum atomic E-state index is -1.05. The minimum Gasteiger partial charge on any atom is -0.465 e. The molecule has 44 heavy (non-hydrogen) atoms. The molecule has 0 saturated carbocycles. The van der Waals surface area contributed by atoms with Crippen LogP contribution in [-0.4, -0.2) is 75.5 Å². The average Bonchev–Trinajstić information content (AvgIpc) is 2.96. The summed E-state index contributed by atoms with van der Waals surface area (Å²) in [7, 11) is 0. The van der Waals surface area contributed by atoms with Crippen LogP contribution >= 0.6 is 0 Å². The molecule has 0 rings (SSSR count). The lowest BCUT2D eigenvalue weighted by Gasteiger charge is -2.28. The third kappa shape index (κ3) is 16.8. The normalized spacial score (nSPS) is 11.1. The van der Waals surface area contributed by atoms with Crippen molar-refractivity contribution in [2.24, 2.45) is 10.8 Å². The van der Waals surface area contributed by atoms with Crippen molar-refractivity contribution in [1.82, 2.24) is 0 Å². The molecule has 0 aliphatic heterocycles. The molecule has 0 fully saturated rings. The van der Waals surface area contributed by atoms with E-state index in [0.717, 1.165) is 0 Å². The van der Waals surface area contributed by atoms with Crippen molar-refractivity contribution in [3.63, 3.8) is 0 Å². The molecule has 0 unspecified atom stereocenters. The zero-order chi connectivity index (χ0) is 34.1. The van der Waals surface area contributed by atoms with Crippen molar-refractivity contribution in [3.8, 4) is 0 Å². The van der Waals surface area contributed by atoms with E-state index in [4.69, 9.17) is 28.4 Å². The lowest BCUT2D eigenvalue weighted by atomic mass is 9.94. The van der Waals surface area contributed by atoms with Gasteiger partial charge in [0.15, 0.2) is 0 Å². The van der Waals surface area contributed by atoms with Crippen LogP contribution in [0.25, 0.3) is 0 Å². The molecule has 0 aliphatic carbocycles.